The van der Waals surface area contributed by atoms with Crippen LogP contribution in [0.3, 0.4) is 0 Å². The minimum absolute atomic E-state index is 0.00502. The molecule has 0 atom stereocenters. The first kappa shape index (κ1) is 99.7. The predicted molar refractivity (Wildman–Crippen MR) is 528 cm³/mol. The van der Waals surface area contributed by atoms with Gasteiger partial charge in [0, 0.05) is 131 Å². The number of aromatic nitrogens is 3. The highest BCUT2D eigenvalue weighted by Crippen LogP contribution is 2.44. The van der Waals surface area contributed by atoms with Crippen LogP contribution >= 0.6 is 46.4 Å². The number of rotatable bonds is 34. The molecule has 24 nitrogen and oxygen atoms in total. The number of nitrogens with zero attached hydrogens (tertiary/aromatic N) is 6. The van der Waals surface area contributed by atoms with Gasteiger partial charge in [-0.15, -0.1) is 0 Å². The Labute approximate surface area is 800 Å². The number of amides is 4. The summed E-state index contributed by atoms with van der Waals surface area (Å²) in [6.07, 6.45) is 5.67. The molecule has 4 aliphatic rings. The highest BCUT2D eigenvalue weighted by molar-refractivity contribution is 7.90. The van der Waals surface area contributed by atoms with Gasteiger partial charge in [-0.3, -0.25) is 23.9 Å². The Kier molecular flexibility index (Phi) is 33.7. The zero-order valence-electron chi connectivity index (χ0n) is 76.6. The molecule has 0 saturated carbocycles. The first-order valence-electron chi connectivity index (χ1n) is 44.6. The van der Waals surface area contributed by atoms with Gasteiger partial charge in [0.15, 0.2) is 0 Å². The van der Waals surface area contributed by atoms with Crippen LogP contribution < -0.4 is 33.3 Å². The van der Waals surface area contributed by atoms with Crippen molar-refractivity contribution >= 4 is 128 Å². The molecule has 702 valence electrons. The Balaban J connectivity index is 0.000000170. The molecule has 0 unspecified atom stereocenters. The fraction of sp³-hybridized carbons (Fsp3) is 0.343. The molecular weight excluding hydrogens is 1830 g/mol. The number of allylic oxidation sites excluding steroid dienone is 2. The van der Waals surface area contributed by atoms with Crippen molar-refractivity contribution in [1.29, 1.82) is 0 Å². The average Bonchev–Trinajstić information content (AvgIpc) is 1.60. The van der Waals surface area contributed by atoms with Crippen molar-refractivity contribution in [2.45, 2.75) is 142 Å². The number of piperidine rings is 1. The average molecular weight is 1940 g/mol. The van der Waals surface area contributed by atoms with Gasteiger partial charge in [0.25, 0.3) is 27.7 Å². The number of nitrogens with one attached hydrogen (secondary N) is 4. The number of anilines is 1. The summed E-state index contributed by atoms with van der Waals surface area (Å²) < 4.78 is 114. The molecule has 4 heterocycles. The monoisotopic (exact) mass is 1940 g/mol. The highest BCUT2D eigenvalue weighted by Gasteiger charge is 2.37. The predicted octanol–water partition coefficient (Wildman–Crippen LogP) is 18.5. The molecule has 0 bridgehead atoms. The molecule has 2 aliphatic carbocycles. The van der Waals surface area contributed by atoms with E-state index in [2.05, 4.69) is 29.0 Å². The molecular formula is C102H114Cl4N10O14S3. The number of piperazine rings is 1. The number of ether oxygens (including phenoxy) is 4. The largest absolute Gasteiger partial charge is 0.494 e. The van der Waals surface area contributed by atoms with Crippen molar-refractivity contribution in [3.05, 3.63) is 303 Å². The second kappa shape index (κ2) is 45.0. The number of carbonyl (C=O) groups is 4. The molecule has 0 spiro atoms. The van der Waals surface area contributed by atoms with Crippen LogP contribution in [0.2, 0.25) is 20.1 Å². The van der Waals surface area contributed by atoms with E-state index in [-0.39, 0.29) is 35.8 Å². The van der Waals surface area contributed by atoms with Crippen molar-refractivity contribution in [3.8, 4) is 28.4 Å². The lowest BCUT2D eigenvalue weighted by Crippen LogP contribution is -2.53. The Morgan fingerprint density at radius 2 is 1.02 bits per heavy atom. The normalized spacial score (nSPS) is 14.2. The minimum Gasteiger partial charge on any atom is -0.494 e. The van der Waals surface area contributed by atoms with Crippen LogP contribution in [0.5, 0.6) is 17.2 Å². The van der Waals surface area contributed by atoms with E-state index >= 15 is 0 Å². The third-order valence-electron chi connectivity index (χ3n) is 24.4. The molecule has 9 aromatic carbocycles. The third-order valence-corrected chi connectivity index (χ3v) is 31.1. The first-order valence-corrected chi connectivity index (χ1v) is 50.6. The number of para-hydroxylation sites is 1. The summed E-state index contributed by atoms with van der Waals surface area (Å²) in [7, 11) is -6.12. The molecule has 2 saturated heterocycles. The van der Waals surface area contributed by atoms with Crippen molar-refractivity contribution < 1.29 is 63.4 Å². The Morgan fingerprint density at radius 3 is 1.59 bits per heavy atom. The maximum absolute atomic E-state index is 13.9. The number of likely N-dealkylation sites (tertiary alicyclic amines) is 1. The van der Waals surface area contributed by atoms with Crippen molar-refractivity contribution in [2.75, 3.05) is 91.2 Å². The lowest BCUT2D eigenvalue weighted by molar-refractivity contribution is -0.132. The zero-order chi connectivity index (χ0) is 95.0. The number of hydrogen-bond acceptors (Lipinski definition) is 17. The van der Waals surface area contributed by atoms with Crippen LogP contribution in [0, 0.1) is 48.5 Å². The quantitative estimate of drug-likeness (QED) is 0.0273. The molecule has 15 rings (SSSR count). The molecule has 2 aromatic heterocycles. The van der Waals surface area contributed by atoms with Gasteiger partial charge in [0.1, 0.15) is 22.9 Å². The summed E-state index contributed by atoms with van der Waals surface area (Å²) in [6, 6.07) is 58.2. The Bertz CT molecular complexity index is 6450. The standard InChI is InChI=1S/C37H43ClN4O5S.C34H37Cl2N3O5S.C31H34ClN3O4S/c1-24-20-27(21-25(2)36(24)38)47-18-11-16-30-29-14-10-15-31(35-26(3)42(6)39-34(35)23-46-19-17-41(4)5)32(29)22-33(30)37(43)40-48(44,45)28-12-8-7-9-13-28;1-22-19-26(20-23(2)32(22)36)44-18-6-9-29-28-12-11-25(35)21-30(28)37-33(29)34(41)38-45(42,43)27-14-16-39(17-15-27)31(40)13-10-24-7-4-3-5-8-24;1-22-19-26(20-23(2)30(22)32)39-18-8-13-28-27-12-7-6-9-24(27)21-29(28)31(36)33-40(37,38)35-16-14-34(15-17-35)25-10-4-3-5-11-25/h7-10,12-15,20-21H,11,16-19,22-23H2,1-6H3,(H,40,43);3-5,7-8,11-12,19-21,27,37H,6,9-10,13-18H2,1-2H3,(H,38,41);3-7,9-12,19-20H,8,13-18,21H2,1-2H3,(H,33,36). The summed E-state index contributed by atoms with van der Waals surface area (Å²) in [5.41, 5.74) is 19.6. The molecule has 2 aliphatic heterocycles. The lowest BCUT2D eigenvalue weighted by Gasteiger charge is -2.35. The maximum atomic E-state index is 13.9. The molecule has 133 heavy (non-hydrogen) atoms. The number of halogens is 4. The molecule has 0 radical (unpaired) electrons. The third kappa shape index (κ3) is 25.2. The van der Waals surface area contributed by atoms with Crippen LogP contribution in [-0.4, -0.2) is 169 Å². The fourth-order valence-electron chi connectivity index (χ4n) is 17.3. The van der Waals surface area contributed by atoms with Gasteiger partial charge in [0.05, 0.1) is 48.9 Å². The number of fused-ring (bicyclic) bond motifs is 3. The molecule has 11 aromatic rings. The number of aryl methyl sites for hydroxylation is 9. The maximum Gasteiger partial charge on any atom is 0.304 e. The number of carbonyl (C=O) groups excluding carboxylic acids is 4. The van der Waals surface area contributed by atoms with E-state index in [4.69, 9.17) is 70.4 Å². The molecule has 4 N–H and O–H groups in total. The van der Waals surface area contributed by atoms with E-state index in [0.717, 1.165) is 134 Å². The van der Waals surface area contributed by atoms with E-state index in [9.17, 15) is 44.4 Å². The number of hydrogen-bond donors (Lipinski definition) is 4. The van der Waals surface area contributed by atoms with E-state index < -0.39 is 53.2 Å². The smallest absolute Gasteiger partial charge is 0.304 e. The van der Waals surface area contributed by atoms with Crippen LogP contribution in [0.1, 0.15) is 140 Å². The second-order valence-electron chi connectivity index (χ2n) is 34.2. The van der Waals surface area contributed by atoms with Crippen molar-refractivity contribution in [2.24, 2.45) is 7.05 Å². The summed E-state index contributed by atoms with van der Waals surface area (Å²) in [5, 5.41) is 7.46. The van der Waals surface area contributed by atoms with Crippen molar-refractivity contribution in [1.82, 2.24) is 43.0 Å². The fourth-order valence-corrected chi connectivity index (χ4v) is 21.3. The molecule has 4 amide bonds. The summed E-state index contributed by atoms with van der Waals surface area (Å²) in [5.74, 6) is 0.313. The lowest BCUT2D eigenvalue weighted by atomic mass is 9.93. The summed E-state index contributed by atoms with van der Waals surface area (Å²) >= 11 is 25.1. The Morgan fingerprint density at radius 1 is 0.519 bits per heavy atom. The number of sulfonamides is 2. The van der Waals surface area contributed by atoms with Crippen molar-refractivity contribution in [3.63, 3.8) is 0 Å². The minimum atomic E-state index is -4.07. The number of H-pyrrole nitrogens is 1. The number of aromatic amines is 1. The van der Waals surface area contributed by atoms with Gasteiger partial charge in [0.2, 0.25) is 15.9 Å². The van der Waals surface area contributed by atoms with Gasteiger partial charge in [-0.05, 0) is 277 Å². The van der Waals surface area contributed by atoms with E-state index in [1.54, 1.807) is 35.2 Å². The van der Waals surface area contributed by atoms with Gasteiger partial charge in [-0.1, -0.05) is 162 Å². The van der Waals surface area contributed by atoms with Crippen LogP contribution in [-0.2, 0) is 88.7 Å². The van der Waals surface area contributed by atoms with Gasteiger partial charge < -0.3 is 38.6 Å². The summed E-state index contributed by atoms with van der Waals surface area (Å²) in [6.45, 7) is 19.0. The number of likely N-dealkylation sites (N-methyl/N-ethyl adjacent to an activating group) is 1. The van der Waals surface area contributed by atoms with E-state index in [0.29, 0.717) is 168 Å². The SMILES string of the molecule is Cc1cc(OCCCC2=C(C(=O)NS(=O)(=O)N3CCN(c4ccccc4)CC3)Cc3ccccc32)cc(C)c1Cl.Cc1cc(OCCCC2=C(C(=O)NS(=O)(=O)c3ccccc3)Cc3c2cccc3-c2c(COCCN(C)C)nn(C)c2C)cc(C)c1Cl.Cc1cc(OCCCc2c(C(=O)NS(=O)(=O)C3CCN(C(=O)CCc4ccccc4)CC3)[nH]c3cc(Cl)ccc23)cc(C)c1Cl. The Hall–Kier alpha value is -10.8. The van der Waals surface area contributed by atoms with Crippen LogP contribution in [0.25, 0.3) is 33.2 Å². The second-order valence-corrected chi connectivity index (χ2v) is 41.1. The molecule has 31 heteroatoms. The van der Waals surface area contributed by atoms with E-state index in [1.807, 2.05) is 220 Å². The van der Waals surface area contributed by atoms with Gasteiger partial charge in [-0.2, -0.15) is 17.8 Å². The summed E-state index contributed by atoms with van der Waals surface area (Å²) in [4.78, 5) is 62.5. The highest BCUT2D eigenvalue weighted by atomic mass is 35.5. The first-order chi connectivity index (χ1) is 63.6. The van der Waals surface area contributed by atoms with Crippen LogP contribution in [0.4, 0.5) is 5.69 Å². The molecule has 2 fully saturated rings. The zero-order valence-corrected chi connectivity index (χ0v) is 82.1. The van der Waals surface area contributed by atoms with Crippen LogP contribution in [0.15, 0.2) is 204 Å². The van der Waals surface area contributed by atoms with Gasteiger partial charge in [-0.25, -0.2) is 31.0 Å². The van der Waals surface area contributed by atoms with Gasteiger partial charge >= 0.3 is 10.2 Å². The van der Waals surface area contributed by atoms with E-state index in [1.165, 1.54) is 16.4 Å². The number of benzene rings is 9. The topological polar surface area (TPSA) is 290 Å².